The fourth-order valence-electron chi connectivity index (χ4n) is 2.20. The topological polar surface area (TPSA) is 76.7 Å². The zero-order valence-corrected chi connectivity index (χ0v) is 12.6. The molecule has 1 aromatic rings. The van der Waals surface area contributed by atoms with Crippen LogP contribution in [0.2, 0.25) is 5.02 Å². The van der Waals surface area contributed by atoms with Gasteiger partial charge in [0.15, 0.2) is 0 Å². The van der Waals surface area contributed by atoms with E-state index in [4.69, 9.17) is 21.1 Å². The minimum Gasteiger partial charge on any atom is -0.495 e. The van der Waals surface area contributed by atoms with Crippen LogP contribution in [0.25, 0.3) is 0 Å². The predicted molar refractivity (Wildman–Crippen MR) is 78.9 cm³/mol. The lowest BCUT2D eigenvalue weighted by Gasteiger charge is -2.22. The molecule has 2 N–H and O–H groups in total. The molecule has 2 rings (SSSR count). The zero-order chi connectivity index (χ0) is 15.4. The van der Waals surface area contributed by atoms with Gasteiger partial charge in [-0.3, -0.25) is 9.59 Å². The number of nitrogens with one attached hydrogen (secondary N) is 2. The van der Waals surface area contributed by atoms with Crippen LogP contribution in [0.3, 0.4) is 0 Å². The van der Waals surface area contributed by atoms with Gasteiger partial charge in [-0.25, -0.2) is 0 Å². The Bertz CT molecular complexity index is 562. The van der Waals surface area contributed by atoms with E-state index in [1.807, 2.05) is 0 Å². The Morgan fingerprint density at radius 2 is 2.05 bits per heavy atom. The van der Waals surface area contributed by atoms with Gasteiger partial charge in [0, 0.05) is 31.0 Å². The van der Waals surface area contributed by atoms with E-state index in [9.17, 15) is 9.59 Å². The second-order valence-corrected chi connectivity index (χ2v) is 5.12. The summed E-state index contributed by atoms with van der Waals surface area (Å²) in [7, 11) is 2.98. The molecule has 6 nitrogen and oxygen atoms in total. The SMILES string of the molecule is COc1cc(NC(=O)C2CCNC(=O)C2)c(OC)cc1Cl. The number of benzene rings is 1. The van der Waals surface area contributed by atoms with Gasteiger partial charge < -0.3 is 20.1 Å². The average molecular weight is 313 g/mol. The molecule has 0 bridgehead atoms. The number of carbonyl (C=O) groups excluding carboxylic acids is 2. The summed E-state index contributed by atoms with van der Waals surface area (Å²) in [6.45, 7) is 0.512. The molecule has 21 heavy (non-hydrogen) atoms. The standard InChI is InChI=1S/C14H17ClN2O4/c1-20-11-7-10(12(21-2)6-9(11)15)17-14(19)8-3-4-16-13(18)5-8/h6-8H,3-5H2,1-2H3,(H,16,18)(H,17,19). The molecule has 0 spiro atoms. The molecule has 1 aromatic carbocycles. The van der Waals surface area contributed by atoms with Gasteiger partial charge in [0.1, 0.15) is 11.5 Å². The Morgan fingerprint density at radius 1 is 1.33 bits per heavy atom. The maximum Gasteiger partial charge on any atom is 0.228 e. The number of rotatable bonds is 4. The first-order chi connectivity index (χ1) is 10.0. The number of halogens is 1. The van der Waals surface area contributed by atoms with Crippen LogP contribution in [-0.2, 0) is 9.59 Å². The van der Waals surface area contributed by atoms with Crippen molar-refractivity contribution in [1.82, 2.24) is 5.32 Å². The Labute approximate surface area is 127 Å². The van der Waals surface area contributed by atoms with E-state index in [-0.39, 0.29) is 24.2 Å². The molecule has 1 fully saturated rings. The van der Waals surface area contributed by atoms with Crippen molar-refractivity contribution in [1.29, 1.82) is 0 Å². The molecule has 2 amide bonds. The molecule has 0 aliphatic carbocycles. The van der Waals surface area contributed by atoms with E-state index in [0.29, 0.717) is 35.2 Å². The number of ether oxygens (including phenoxy) is 2. The molecule has 7 heteroatoms. The number of hydrogen-bond donors (Lipinski definition) is 2. The first-order valence-corrected chi connectivity index (χ1v) is 6.92. The van der Waals surface area contributed by atoms with Crippen molar-refractivity contribution in [3.05, 3.63) is 17.2 Å². The lowest BCUT2D eigenvalue weighted by Crippen LogP contribution is -2.38. The fourth-order valence-corrected chi connectivity index (χ4v) is 2.43. The lowest BCUT2D eigenvalue weighted by atomic mass is 9.96. The molecule has 0 saturated carbocycles. The maximum atomic E-state index is 12.2. The third-order valence-corrected chi connectivity index (χ3v) is 3.64. The summed E-state index contributed by atoms with van der Waals surface area (Å²) >= 11 is 6.01. The number of piperidine rings is 1. The van der Waals surface area contributed by atoms with E-state index in [0.717, 1.165) is 0 Å². The van der Waals surface area contributed by atoms with Crippen molar-refractivity contribution in [2.24, 2.45) is 5.92 Å². The normalized spacial score (nSPS) is 17.9. The van der Waals surface area contributed by atoms with Crippen molar-refractivity contribution in [2.45, 2.75) is 12.8 Å². The first-order valence-electron chi connectivity index (χ1n) is 6.54. The number of hydrogen-bond acceptors (Lipinski definition) is 4. The Balaban J connectivity index is 2.17. The number of carbonyl (C=O) groups is 2. The van der Waals surface area contributed by atoms with E-state index >= 15 is 0 Å². The fraction of sp³-hybridized carbons (Fsp3) is 0.429. The van der Waals surface area contributed by atoms with Crippen molar-refractivity contribution in [2.75, 3.05) is 26.1 Å². The second-order valence-electron chi connectivity index (χ2n) is 4.72. The van der Waals surface area contributed by atoms with Crippen LogP contribution >= 0.6 is 11.6 Å². The molecule has 114 valence electrons. The lowest BCUT2D eigenvalue weighted by molar-refractivity contribution is -0.129. The average Bonchev–Trinajstić information content (AvgIpc) is 2.48. The molecule has 1 unspecified atom stereocenters. The minimum absolute atomic E-state index is 0.109. The van der Waals surface area contributed by atoms with Crippen LogP contribution in [0, 0.1) is 5.92 Å². The minimum atomic E-state index is -0.342. The smallest absolute Gasteiger partial charge is 0.228 e. The van der Waals surface area contributed by atoms with Gasteiger partial charge in [-0.1, -0.05) is 11.6 Å². The van der Waals surface area contributed by atoms with Crippen molar-refractivity contribution >= 4 is 29.1 Å². The zero-order valence-electron chi connectivity index (χ0n) is 11.9. The molecule has 1 aliphatic heterocycles. The van der Waals surface area contributed by atoms with Crippen molar-refractivity contribution in [3.63, 3.8) is 0 Å². The van der Waals surface area contributed by atoms with E-state index in [2.05, 4.69) is 10.6 Å². The molecule has 0 aromatic heterocycles. The molecule has 1 atom stereocenters. The van der Waals surface area contributed by atoms with Gasteiger partial charge in [-0.2, -0.15) is 0 Å². The summed E-state index contributed by atoms with van der Waals surface area (Å²) in [5.74, 6) is 0.211. The molecule has 0 radical (unpaired) electrons. The van der Waals surface area contributed by atoms with Gasteiger partial charge in [-0.15, -0.1) is 0 Å². The number of anilines is 1. The summed E-state index contributed by atoms with van der Waals surface area (Å²) in [5.41, 5.74) is 0.467. The Morgan fingerprint density at radius 3 is 2.67 bits per heavy atom. The number of amides is 2. The molecule has 1 aliphatic rings. The summed E-state index contributed by atoms with van der Waals surface area (Å²) in [4.78, 5) is 23.6. The van der Waals surface area contributed by atoms with Crippen LogP contribution in [0.15, 0.2) is 12.1 Å². The number of methoxy groups -OCH3 is 2. The molecule has 1 saturated heterocycles. The molecule has 1 heterocycles. The largest absolute Gasteiger partial charge is 0.495 e. The van der Waals surface area contributed by atoms with Gasteiger partial charge in [0.2, 0.25) is 11.8 Å². The van der Waals surface area contributed by atoms with Crippen LogP contribution in [0.4, 0.5) is 5.69 Å². The van der Waals surface area contributed by atoms with E-state index in [1.165, 1.54) is 14.2 Å². The van der Waals surface area contributed by atoms with Crippen LogP contribution in [0.5, 0.6) is 11.5 Å². The van der Waals surface area contributed by atoms with Gasteiger partial charge in [-0.05, 0) is 6.42 Å². The van der Waals surface area contributed by atoms with E-state index < -0.39 is 0 Å². The summed E-state index contributed by atoms with van der Waals surface area (Å²) in [6.07, 6.45) is 0.809. The monoisotopic (exact) mass is 312 g/mol. The van der Waals surface area contributed by atoms with Crippen LogP contribution in [-0.4, -0.2) is 32.6 Å². The third-order valence-electron chi connectivity index (χ3n) is 3.35. The van der Waals surface area contributed by atoms with Gasteiger partial charge >= 0.3 is 0 Å². The highest BCUT2D eigenvalue weighted by Gasteiger charge is 2.26. The Hall–Kier alpha value is -1.95. The summed E-state index contributed by atoms with van der Waals surface area (Å²) < 4.78 is 10.3. The first kappa shape index (κ1) is 15.4. The van der Waals surface area contributed by atoms with Crippen molar-refractivity contribution in [3.8, 4) is 11.5 Å². The quantitative estimate of drug-likeness (QED) is 0.889. The second kappa shape index (κ2) is 6.67. The summed E-state index contributed by atoms with van der Waals surface area (Å²) in [5, 5.41) is 5.86. The molecular formula is C14H17ClN2O4. The van der Waals surface area contributed by atoms with Crippen LogP contribution in [0.1, 0.15) is 12.8 Å². The van der Waals surface area contributed by atoms with Crippen LogP contribution < -0.4 is 20.1 Å². The maximum absolute atomic E-state index is 12.2. The van der Waals surface area contributed by atoms with E-state index in [1.54, 1.807) is 12.1 Å². The highest BCUT2D eigenvalue weighted by atomic mass is 35.5. The predicted octanol–water partition coefficient (Wildman–Crippen LogP) is 1.82. The highest BCUT2D eigenvalue weighted by molar-refractivity contribution is 6.32. The van der Waals surface area contributed by atoms with Gasteiger partial charge in [0.25, 0.3) is 0 Å². The molecular weight excluding hydrogens is 296 g/mol. The third kappa shape index (κ3) is 3.58. The Kier molecular flexibility index (Phi) is 4.90. The van der Waals surface area contributed by atoms with Crippen molar-refractivity contribution < 1.29 is 19.1 Å². The highest BCUT2D eigenvalue weighted by Crippen LogP contribution is 2.36. The van der Waals surface area contributed by atoms with Gasteiger partial charge in [0.05, 0.1) is 24.9 Å². The summed E-state index contributed by atoms with van der Waals surface area (Å²) in [6, 6.07) is 3.17.